The topological polar surface area (TPSA) is 155 Å². The normalized spacial score (nSPS) is 15.2. The lowest BCUT2D eigenvalue weighted by Crippen LogP contribution is -2.27. The van der Waals surface area contributed by atoms with E-state index in [1.807, 2.05) is 61.5 Å². The van der Waals surface area contributed by atoms with Crippen LogP contribution in [0.15, 0.2) is 94.3 Å². The van der Waals surface area contributed by atoms with E-state index in [9.17, 15) is 18.9 Å². The van der Waals surface area contributed by atoms with Crippen molar-refractivity contribution >= 4 is 44.9 Å². The number of carbonyl (C=O) groups excluding carboxylic acids is 2. The zero-order valence-corrected chi connectivity index (χ0v) is 26.1. The van der Waals surface area contributed by atoms with Gasteiger partial charge in [0.2, 0.25) is 11.9 Å². The summed E-state index contributed by atoms with van der Waals surface area (Å²) in [4.78, 5) is 34.5. The third kappa shape index (κ3) is 7.47. The SMILES string of the molecule is CCOC(=O)N=S(C)(=O)c1cccc(Nc2ncc(-c3ccc(NC(=O)C4(c5ccccc5)CC4)cc3)c(NC(C)CO)n2)c1. The molecule has 12 heteroatoms. The van der Waals surface area contributed by atoms with Gasteiger partial charge in [0.05, 0.1) is 28.4 Å². The van der Waals surface area contributed by atoms with Crippen molar-refractivity contribution in [2.45, 2.75) is 43.0 Å². The molecule has 1 heterocycles. The van der Waals surface area contributed by atoms with Gasteiger partial charge >= 0.3 is 6.09 Å². The van der Waals surface area contributed by atoms with E-state index in [1.54, 1.807) is 37.4 Å². The summed E-state index contributed by atoms with van der Waals surface area (Å²) in [5, 5.41) is 19.1. The maximum Gasteiger partial charge on any atom is 0.442 e. The predicted octanol–water partition coefficient (Wildman–Crippen LogP) is 5.96. The van der Waals surface area contributed by atoms with E-state index < -0.39 is 21.2 Å². The average Bonchev–Trinajstić information content (AvgIpc) is 3.85. The van der Waals surface area contributed by atoms with Crippen LogP contribution in [0.3, 0.4) is 0 Å². The molecule has 0 radical (unpaired) electrons. The summed E-state index contributed by atoms with van der Waals surface area (Å²) in [5.41, 5.74) is 3.28. The third-order valence-corrected chi connectivity index (χ3v) is 9.08. The molecule has 1 aliphatic carbocycles. The van der Waals surface area contributed by atoms with Gasteiger partial charge in [0, 0.05) is 40.3 Å². The Bertz CT molecular complexity index is 1800. The second-order valence-corrected chi connectivity index (χ2v) is 13.2. The molecular formula is C33H36N6O5S. The van der Waals surface area contributed by atoms with Gasteiger partial charge in [-0.05, 0) is 68.1 Å². The molecule has 2 amide bonds. The number of rotatable bonds is 11. The first-order valence-electron chi connectivity index (χ1n) is 14.6. The van der Waals surface area contributed by atoms with Crippen molar-refractivity contribution in [1.29, 1.82) is 0 Å². The molecular weight excluding hydrogens is 592 g/mol. The van der Waals surface area contributed by atoms with Gasteiger partial charge in [0.15, 0.2) is 0 Å². The second-order valence-electron chi connectivity index (χ2n) is 10.9. The first-order chi connectivity index (χ1) is 21.6. The number of anilines is 4. The Morgan fingerprint density at radius 2 is 1.78 bits per heavy atom. The number of nitrogens with one attached hydrogen (secondary N) is 3. The number of carbonyl (C=O) groups is 2. The van der Waals surface area contributed by atoms with Crippen LogP contribution in [0.5, 0.6) is 0 Å². The van der Waals surface area contributed by atoms with Crippen LogP contribution in [0.2, 0.25) is 0 Å². The van der Waals surface area contributed by atoms with Gasteiger partial charge in [-0.1, -0.05) is 48.5 Å². The number of benzene rings is 3. The molecule has 4 aromatic rings. The van der Waals surface area contributed by atoms with Crippen LogP contribution >= 0.6 is 0 Å². The van der Waals surface area contributed by atoms with Crippen molar-refractivity contribution in [2.75, 3.05) is 35.4 Å². The quantitative estimate of drug-likeness (QED) is 0.157. The Hall–Kier alpha value is -4.81. The van der Waals surface area contributed by atoms with Crippen molar-refractivity contribution in [3.05, 3.63) is 90.6 Å². The molecule has 1 aliphatic rings. The van der Waals surface area contributed by atoms with E-state index in [0.717, 1.165) is 24.0 Å². The van der Waals surface area contributed by atoms with Crippen molar-refractivity contribution < 1.29 is 23.6 Å². The van der Waals surface area contributed by atoms with Gasteiger partial charge in [-0.15, -0.1) is 4.36 Å². The van der Waals surface area contributed by atoms with Crippen molar-refractivity contribution in [3.8, 4) is 11.1 Å². The van der Waals surface area contributed by atoms with Crippen molar-refractivity contribution in [3.63, 3.8) is 0 Å². The summed E-state index contributed by atoms with van der Waals surface area (Å²) in [6.45, 7) is 3.49. The van der Waals surface area contributed by atoms with Crippen molar-refractivity contribution in [1.82, 2.24) is 9.97 Å². The van der Waals surface area contributed by atoms with Gasteiger partial charge in [-0.2, -0.15) is 4.98 Å². The van der Waals surface area contributed by atoms with E-state index >= 15 is 0 Å². The maximum absolute atomic E-state index is 13.2. The summed E-state index contributed by atoms with van der Waals surface area (Å²) in [7, 11) is -3.04. The molecule has 45 heavy (non-hydrogen) atoms. The zero-order chi connectivity index (χ0) is 32.0. The van der Waals surface area contributed by atoms with Crippen LogP contribution in [0.4, 0.5) is 27.9 Å². The van der Waals surface area contributed by atoms with Gasteiger partial charge in [0.1, 0.15) is 5.82 Å². The molecule has 5 rings (SSSR count). The molecule has 0 aliphatic heterocycles. The highest BCUT2D eigenvalue weighted by Gasteiger charge is 2.51. The number of hydrogen-bond donors (Lipinski definition) is 4. The maximum atomic E-state index is 13.2. The highest BCUT2D eigenvalue weighted by molar-refractivity contribution is 7.93. The Morgan fingerprint density at radius 1 is 1.04 bits per heavy atom. The van der Waals surface area contributed by atoms with E-state index in [2.05, 4.69) is 30.3 Å². The van der Waals surface area contributed by atoms with Crippen LogP contribution in [0.25, 0.3) is 11.1 Å². The van der Waals surface area contributed by atoms with Gasteiger partial charge in [0.25, 0.3) is 0 Å². The lowest BCUT2D eigenvalue weighted by Gasteiger charge is -2.18. The molecule has 1 aromatic heterocycles. The van der Waals surface area contributed by atoms with Gasteiger partial charge in [-0.25, -0.2) is 14.0 Å². The molecule has 0 spiro atoms. The average molecular weight is 629 g/mol. The van der Waals surface area contributed by atoms with Crippen molar-refractivity contribution in [2.24, 2.45) is 4.36 Å². The zero-order valence-electron chi connectivity index (χ0n) is 25.3. The molecule has 11 nitrogen and oxygen atoms in total. The highest BCUT2D eigenvalue weighted by atomic mass is 32.2. The minimum atomic E-state index is -3.04. The van der Waals surface area contributed by atoms with E-state index in [4.69, 9.17) is 4.74 Å². The largest absolute Gasteiger partial charge is 0.448 e. The van der Waals surface area contributed by atoms with E-state index in [1.165, 1.54) is 6.26 Å². The summed E-state index contributed by atoms with van der Waals surface area (Å²) in [5.74, 6) is 0.726. The number of aliphatic hydroxyl groups excluding tert-OH is 1. The molecule has 2 unspecified atom stereocenters. The molecule has 0 bridgehead atoms. The molecule has 0 saturated heterocycles. The number of hydrogen-bond acceptors (Lipinski definition) is 9. The minimum Gasteiger partial charge on any atom is -0.448 e. The number of aromatic nitrogens is 2. The number of nitrogens with zero attached hydrogens (tertiary/aromatic N) is 3. The number of aliphatic hydroxyl groups is 1. The summed E-state index contributed by atoms with van der Waals surface area (Å²) in [6.07, 6.45) is 3.79. The molecule has 1 fully saturated rings. The molecule has 1 saturated carbocycles. The molecule has 4 N–H and O–H groups in total. The smallest absolute Gasteiger partial charge is 0.442 e. The summed E-state index contributed by atoms with van der Waals surface area (Å²) >= 11 is 0. The van der Waals surface area contributed by atoms with Gasteiger partial charge < -0.3 is 25.8 Å². The fourth-order valence-corrected chi connectivity index (χ4v) is 5.96. The predicted molar refractivity (Wildman–Crippen MR) is 175 cm³/mol. The lowest BCUT2D eigenvalue weighted by molar-refractivity contribution is -0.118. The standard InChI is InChI=1S/C33H36N6O5S/c1-4-44-32(42)39-45(3,43)27-12-8-11-26(19-27)37-31-34-20-28(29(38-31)35-22(2)21-40)23-13-15-25(16-14-23)36-30(41)33(17-18-33)24-9-6-5-7-10-24/h5-16,19-20,22,40H,4,17-18,21H2,1-3H3,(H,36,41)(H2,34,35,37,38). The Morgan fingerprint density at radius 3 is 2.44 bits per heavy atom. The lowest BCUT2D eigenvalue weighted by atomic mass is 9.95. The second kappa shape index (κ2) is 13.4. The van der Waals surface area contributed by atoms with Crippen LogP contribution in [-0.2, 0) is 24.7 Å². The van der Waals surface area contributed by atoms with Gasteiger partial charge in [-0.3, -0.25) is 4.79 Å². The minimum absolute atomic E-state index is 0.0168. The highest BCUT2D eigenvalue weighted by Crippen LogP contribution is 2.49. The first-order valence-corrected chi connectivity index (χ1v) is 16.5. The first kappa shape index (κ1) is 31.6. The van der Waals surface area contributed by atoms with E-state index in [0.29, 0.717) is 27.7 Å². The van der Waals surface area contributed by atoms with Crippen LogP contribution < -0.4 is 16.0 Å². The molecule has 234 valence electrons. The fraction of sp³-hybridized carbons (Fsp3) is 0.273. The number of ether oxygens (including phenoxy) is 1. The van der Waals surface area contributed by atoms with Crippen LogP contribution in [0, 0.1) is 0 Å². The Balaban J connectivity index is 1.36. The van der Waals surface area contributed by atoms with E-state index in [-0.39, 0.29) is 31.1 Å². The fourth-order valence-electron chi connectivity index (χ4n) is 4.84. The Kier molecular flexibility index (Phi) is 9.45. The van der Waals surface area contributed by atoms with Crippen LogP contribution in [0.1, 0.15) is 32.3 Å². The monoisotopic (exact) mass is 628 g/mol. The van der Waals surface area contributed by atoms with Crippen LogP contribution in [-0.4, -0.2) is 56.8 Å². The summed E-state index contributed by atoms with van der Waals surface area (Å²) in [6, 6.07) is 23.7. The third-order valence-electron chi connectivity index (χ3n) is 7.45. The summed E-state index contributed by atoms with van der Waals surface area (Å²) < 4.78 is 21.6. The molecule has 2 atom stereocenters. The number of amides is 2. The molecule has 3 aromatic carbocycles. The Labute approximate surface area is 262 Å².